The molecule has 0 aliphatic heterocycles. The summed E-state index contributed by atoms with van der Waals surface area (Å²) < 4.78 is 19.4. The van der Waals surface area contributed by atoms with Gasteiger partial charge < -0.3 is 9.72 Å². The second kappa shape index (κ2) is 5.01. The Morgan fingerprint density at radius 1 is 1.21 bits per heavy atom. The van der Waals surface area contributed by atoms with Gasteiger partial charge in [-0.1, -0.05) is 18.2 Å². The van der Waals surface area contributed by atoms with Gasteiger partial charge in [-0.2, -0.15) is 0 Å². The Hall–Kier alpha value is -1.88. The van der Waals surface area contributed by atoms with E-state index in [1.807, 2.05) is 30.3 Å². The molecule has 0 unspecified atom stereocenters. The van der Waals surface area contributed by atoms with Gasteiger partial charge in [0, 0.05) is 6.07 Å². The number of para-hydroxylation sites is 1. The van der Waals surface area contributed by atoms with Crippen molar-refractivity contribution < 1.29 is 9.13 Å². The summed E-state index contributed by atoms with van der Waals surface area (Å²) in [5.41, 5.74) is 1.37. The zero-order chi connectivity index (χ0) is 13.2. The summed E-state index contributed by atoms with van der Waals surface area (Å²) in [5.74, 6) is 1.12. The van der Waals surface area contributed by atoms with Gasteiger partial charge in [0.05, 0.1) is 15.5 Å². The lowest BCUT2D eigenvalue weighted by atomic mass is 10.3. The highest BCUT2D eigenvalue weighted by molar-refractivity contribution is 9.10. The molecule has 0 aliphatic rings. The second-order valence-electron chi connectivity index (χ2n) is 4.07. The van der Waals surface area contributed by atoms with E-state index in [1.165, 1.54) is 6.07 Å². The first kappa shape index (κ1) is 12.2. The van der Waals surface area contributed by atoms with E-state index in [0.29, 0.717) is 27.9 Å². The number of benzene rings is 2. The first-order chi connectivity index (χ1) is 9.22. The average molecular weight is 321 g/mol. The van der Waals surface area contributed by atoms with Crippen molar-refractivity contribution in [3.63, 3.8) is 0 Å². The molecule has 3 nitrogen and oxygen atoms in total. The number of hydrogen-bond acceptors (Lipinski definition) is 2. The van der Waals surface area contributed by atoms with E-state index in [1.54, 1.807) is 6.07 Å². The van der Waals surface area contributed by atoms with Crippen LogP contribution in [0.5, 0.6) is 5.75 Å². The number of rotatable bonds is 3. The van der Waals surface area contributed by atoms with E-state index >= 15 is 0 Å². The van der Waals surface area contributed by atoms with Gasteiger partial charge in [-0.05, 0) is 34.1 Å². The maximum Gasteiger partial charge on any atom is 0.146 e. The first-order valence-corrected chi connectivity index (χ1v) is 6.53. The molecular weight excluding hydrogens is 311 g/mol. The van der Waals surface area contributed by atoms with Crippen LogP contribution < -0.4 is 4.74 Å². The van der Waals surface area contributed by atoms with Gasteiger partial charge in [-0.15, -0.1) is 0 Å². The standard InChI is InChI=1S/C14H10BrFN2O/c15-10-6-12-13(7-11(10)16)18-14(17-12)8-19-9-4-2-1-3-5-9/h1-7H,8H2,(H,17,18). The van der Waals surface area contributed by atoms with Gasteiger partial charge in [0.25, 0.3) is 0 Å². The SMILES string of the molecule is Fc1cc2[nH]c(COc3ccccc3)nc2cc1Br. The number of H-pyrrole nitrogens is 1. The van der Waals surface area contributed by atoms with Crippen molar-refractivity contribution in [1.29, 1.82) is 0 Å². The van der Waals surface area contributed by atoms with Gasteiger partial charge in [0.1, 0.15) is 24.0 Å². The summed E-state index contributed by atoms with van der Waals surface area (Å²) in [6.45, 7) is 0.317. The molecule has 19 heavy (non-hydrogen) atoms. The van der Waals surface area contributed by atoms with Crippen LogP contribution in [0, 0.1) is 5.82 Å². The maximum absolute atomic E-state index is 13.4. The van der Waals surface area contributed by atoms with Crippen LogP contribution in [0.3, 0.4) is 0 Å². The van der Waals surface area contributed by atoms with E-state index in [2.05, 4.69) is 25.9 Å². The molecule has 1 aromatic heterocycles. The third-order valence-corrected chi connectivity index (χ3v) is 3.30. The predicted octanol–water partition coefficient (Wildman–Crippen LogP) is 4.04. The number of nitrogens with zero attached hydrogens (tertiary/aromatic N) is 1. The largest absolute Gasteiger partial charge is 0.486 e. The molecule has 3 aromatic rings. The van der Waals surface area contributed by atoms with Crippen LogP contribution >= 0.6 is 15.9 Å². The molecule has 2 aromatic carbocycles. The second-order valence-corrected chi connectivity index (χ2v) is 4.92. The normalized spacial score (nSPS) is 10.8. The number of halogens is 2. The number of hydrogen-bond donors (Lipinski definition) is 1. The molecule has 1 heterocycles. The zero-order valence-electron chi connectivity index (χ0n) is 9.86. The van der Waals surface area contributed by atoms with Crippen LogP contribution in [0.15, 0.2) is 46.9 Å². The van der Waals surface area contributed by atoms with Gasteiger partial charge in [-0.25, -0.2) is 9.37 Å². The Morgan fingerprint density at radius 3 is 2.79 bits per heavy atom. The summed E-state index contributed by atoms with van der Waals surface area (Å²) in [6, 6.07) is 12.5. The fourth-order valence-electron chi connectivity index (χ4n) is 1.79. The lowest BCUT2D eigenvalue weighted by Crippen LogP contribution is -1.96. The first-order valence-electron chi connectivity index (χ1n) is 5.74. The molecule has 0 fully saturated rings. The number of nitrogens with one attached hydrogen (secondary N) is 1. The fourth-order valence-corrected chi connectivity index (χ4v) is 2.13. The van der Waals surface area contributed by atoms with Crippen molar-refractivity contribution in [1.82, 2.24) is 9.97 Å². The molecule has 3 rings (SSSR count). The summed E-state index contributed by atoms with van der Waals surface area (Å²) in [5, 5.41) is 0. The summed E-state index contributed by atoms with van der Waals surface area (Å²) in [7, 11) is 0. The third-order valence-electron chi connectivity index (χ3n) is 2.69. The molecule has 0 spiro atoms. The highest BCUT2D eigenvalue weighted by Gasteiger charge is 2.07. The molecule has 0 aliphatic carbocycles. The van der Waals surface area contributed by atoms with E-state index in [9.17, 15) is 4.39 Å². The topological polar surface area (TPSA) is 37.9 Å². The fraction of sp³-hybridized carbons (Fsp3) is 0.0714. The van der Waals surface area contributed by atoms with Crippen molar-refractivity contribution >= 4 is 27.0 Å². The molecular formula is C14H10BrFN2O. The number of imidazole rings is 1. The van der Waals surface area contributed by atoms with Crippen molar-refractivity contribution in [3.8, 4) is 5.75 Å². The quantitative estimate of drug-likeness (QED) is 0.790. The highest BCUT2D eigenvalue weighted by Crippen LogP contribution is 2.22. The lowest BCUT2D eigenvalue weighted by molar-refractivity contribution is 0.297. The molecule has 0 saturated heterocycles. The van der Waals surface area contributed by atoms with Crippen LogP contribution in [0.4, 0.5) is 4.39 Å². The number of fused-ring (bicyclic) bond motifs is 1. The van der Waals surface area contributed by atoms with Crippen LogP contribution in [-0.2, 0) is 6.61 Å². The van der Waals surface area contributed by atoms with Crippen molar-refractivity contribution in [2.24, 2.45) is 0 Å². The summed E-state index contributed by atoms with van der Waals surface area (Å²) in [6.07, 6.45) is 0. The van der Waals surface area contributed by atoms with Crippen LogP contribution in [-0.4, -0.2) is 9.97 Å². The van der Waals surface area contributed by atoms with E-state index in [4.69, 9.17) is 4.74 Å². The molecule has 0 bridgehead atoms. The zero-order valence-corrected chi connectivity index (χ0v) is 11.4. The van der Waals surface area contributed by atoms with Crippen LogP contribution in [0.25, 0.3) is 11.0 Å². The maximum atomic E-state index is 13.4. The average Bonchev–Trinajstić information content (AvgIpc) is 2.80. The molecule has 0 radical (unpaired) electrons. The highest BCUT2D eigenvalue weighted by atomic mass is 79.9. The Morgan fingerprint density at radius 2 is 2.00 bits per heavy atom. The predicted molar refractivity (Wildman–Crippen MR) is 74.5 cm³/mol. The minimum atomic E-state index is -0.313. The Labute approximate surface area is 117 Å². The van der Waals surface area contributed by atoms with Crippen molar-refractivity contribution in [3.05, 3.63) is 58.6 Å². The van der Waals surface area contributed by atoms with Gasteiger partial charge in [0.15, 0.2) is 0 Å². The minimum absolute atomic E-state index is 0.313. The Bertz CT molecular complexity index is 673. The van der Waals surface area contributed by atoms with E-state index < -0.39 is 0 Å². The van der Waals surface area contributed by atoms with Gasteiger partial charge in [0.2, 0.25) is 0 Å². The molecule has 0 amide bonds. The molecule has 1 N–H and O–H groups in total. The molecule has 96 valence electrons. The summed E-state index contributed by atoms with van der Waals surface area (Å²) in [4.78, 5) is 7.39. The van der Waals surface area contributed by atoms with Crippen LogP contribution in [0.1, 0.15) is 5.82 Å². The van der Waals surface area contributed by atoms with Crippen molar-refractivity contribution in [2.45, 2.75) is 6.61 Å². The summed E-state index contributed by atoms with van der Waals surface area (Å²) >= 11 is 3.14. The number of ether oxygens (including phenoxy) is 1. The molecule has 5 heteroatoms. The third kappa shape index (κ3) is 2.61. The Kier molecular flexibility index (Phi) is 3.21. The molecule has 0 saturated carbocycles. The van der Waals surface area contributed by atoms with Crippen LogP contribution in [0.2, 0.25) is 0 Å². The van der Waals surface area contributed by atoms with E-state index in [0.717, 1.165) is 5.75 Å². The number of aromatic nitrogens is 2. The smallest absolute Gasteiger partial charge is 0.146 e. The van der Waals surface area contributed by atoms with Gasteiger partial charge >= 0.3 is 0 Å². The number of aromatic amines is 1. The van der Waals surface area contributed by atoms with Crippen molar-refractivity contribution in [2.75, 3.05) is 0 Å². The monoisotopic (exact) mass is 320 g/mol. The van der Waals surface area contributed by atoms with E-state index in [-0.39, 0.29) is 5.82 Å². The minimum Gasteiger partial charge on any atom is -0.486 e. The van der Waals surface area contributed by atoms with Gasteiger partial charge in [-0.3, -0.25) is 0 Å². The molecule has 0 atom stereocenters. The lowest BCUT2D eigenvalue weighted by Gasteiger charge is -2.02. The Balaban J connectivity index is 1.82.